The lowest BCUT2D eigenvalue weighted by Crippen LogP contribution is -2.35. The molecule has 1 atom stereocenters. The molecule has 1 unspecified atom stereocenters. The third kappa shape index (κ3) is 7.37. The fourth-order valence-corrected chi connectivity index (χ4v) is 2.35. The molecule has 2 N–H and O–H groups in total. The Morgan fingerprint density at radius 1 is 1.18 bits per heavy atom. The maximum absolute atomic E-state index is 11.7. The van der Waals surface area contributed by atoms with Crippen molar-refractivity contribution in [3.63, 3.8) is 0 Å². The maximum atomic E-state index is 11.7. The number of hydrogen-bond donors (Lipinski definition) is 2. The van der Waals surface area contributed by atoms with Crippen LogP contribution in [0, 0.1) is 0 Å². The molecule has 1 saturated heterocycles. The molecule has 0 bridgehead atoms. The lowest BCUT2D eigenvalue weighted by molar-refractivity contribution is -0.122. The van der Waals surface area contributed by atoms with Gasteiger partial charge in [0.25, 0.3) is 0 Å². The SMILES string of the molecule is CCCCCCCC(=O)NC1CCCNCC1. The first-order valence-corrected chi connectivity index (χ1v) is 7.33. The van der Waals surface area contributed by atoms with Crippen LogP contribution in [0.4, 0.5) is 0 Å². The molecule has 0 aromatic heterocycles. The Morgan fingerprint density at radius 2 is 2.00 bits per heavy atom. The van der Waals surface area contributed by atoms with Crippen molar-refractivity contribution in [1.82, 2.24) is 10.6 Å². The topological polar surface area (TPSA) is 41.1 Å². The van der Waals surface area contributed by atoms with Crippen LogP contribution in [0.1, 0.15) is 64.7 Å². The monoisotopic (exact) mass is 240 g/mol. The summed E-state index contributed by atoms with van der Waals surface area (Å²) < 4.78 is 0. The zero-order chi connectivity index (χ0) is 12.3. The maximum Gasteiger partial charge on any atom is 0.220 e. The van der Waals surface area contributed by atoms with E-state index in [1.165, 1.54) is 32.1 Å². The highest BCUT2D eigenvalue weighted by molar-refractivity contribution is 5.76. The van der Waals surface area contributed by atoms with Crippen LogP contribution in [0.15, 0.2) is 0 Å². The Morgan fingerprint density at radius 3 is 2.82 bits per heavy atom. The second-order valence-corrected chi connectivity index (χ2v) is 5.11. The first-order valence-electron chi connectivity index (χ1n) is 7.33. The Bertz CT molecular complexity index is 198. The second kappa shape index (κ2) is 9.46. The van der Waals surface area contributed by atoms with E-state index < -0.39 is 0 Å². The van der Waals surface area contributed by atoms with Crippen molar-refractivity contribution in [2.24, 2.45) is 0 Å². The highest BCUT2D eigenvalue weighted by Gasteiger charge is 2.13. The van der Waals surface area contributed by atoms with Gasteiger partial charge in [-0.2, -0.15) is 0 Å². The molecule has 0 radical (unpaired) electrons. The number of rotatable bonds is 7. The van der Waals surface area contributed by atoms with Gasteiger partial charge in [0.05, 0.1) is 0 Å². The molecule has 1 heterocycles. The van der Waals surface area contributed by atoms with Gasteiger partial charge in [0.1, 0.15) is 0 Å². The number of carbonyl (C=O) groups is 1. The molecule has 1 fully saturated rings. The van der Waals surface area contributed by atoms with Crippen molar-refractivity contribution in [2.75, 3.05) is 13.1 Å². The first kappa shape index (κ1) is 14.5. The predicted molar refractivity (Wildman–Crippen MR) is 72.0 cm³/mol. The van der Waals surface area contributed by atoms with Crippen LogP contribution in [-0.2, 0) is 4.79 Å². The minimum Gasteiger partial charge on any atom is -0.353 e. The summed E-state index contributed by atoms with van der Waals surface area (Å²) in [7, 11) is 0. The van der Waals surface area contributed by atoms with E-state index >= 15 is 0 Å². The predicted octanol–water partition coefficient (Wildman–Crippen LogP) is 2.61. The fourth-order valence-electron chi connectivity index (χ4n) is 2.35. The van der Waals surface area contributed by atoms with Crippen molar-refractivity contribution < 1.29 is 4.79 Å². The highest BCUT2D eigenvalue weighted by atomic mass is 16.1. The molecule has 1 rings (SSSR count). The van der Waals surface area contributed by atoms with Gasteiger partial charge in [-0.1, -0.05) is 32.6 Å². The van der Waals surface area contributed by atoms with Gasteiger partial charge >= 0.3 is 0 Å². The van der Waals surface area contributed by atoms with Gasteiger partial charge in [0.2, 0.25) is 5.91 Å². The van der Waals surface area contributed by atoms with Crippen molar-refractivity contribution in [1.29, 1.82) is 0 Å². The molecular weight excluding hydrogens is 212 g/mol. The number of hydrogen-bond acceptors (Lipinski definition) is 2. The van der Waals surface area contributed by atoms with E-state index in [2.05, 4.69) is 17.6 Å². The van der Waals surface area contributed by atoms with Crippen molar-refractivity contribution in [3.05, 3.63) is 0 Å². The average molecular weight is 240 g/mol. The van der Waals surface area contributed by atoms with Gasteiger partial charge in [-0.25, -0.2) is 0 Å². The van der Waals surface area contributed by atoms with Crippen molar-refractivity contribution in [2.45, 2.75) is 70.8 Å². The molecule has 0 spiro atoms. The van der Waals surface area contributed by atoms with Crippen molar-refractivity contribution >= 4 is 5.91 Å². The third-order valence-electron chi connectivity index (χ3n) is 3.45. The summed E-state index contributed by atoms with van der Waals surface area (Å²) in [6.45, 7) is 4.36. The van der Waals surface area contributed by atoms with E-state index in [-0.39, 0.29) is 5.91 Å². The normalized spacial score (nSPS) is 20.9. The molecular formula is C14H28N2O. The molecule has 100 valence electrons. The van der Waals surface area contributed by atoms with E-state index in [9.17, 15) is 4.79 Å². The Labute approximate surface area is 106 Å². The largest absolute Gasteiger partial charge is 0.353 e. The van der Waals surface area contributed by atoms with Crippen LogP contribution in [0.5, 0.6) is 0 Å². The molecule has 1 aliphatic heterocycles. The van der Waals surface area contributed by atoms with Gasteiger partial charge in [-0.05, 0) is 38.8 Å². The lowest BCUT2D eigenvalue weighted by atomic mass is 10.1. The minimum absolute atomic E-state index is 0.258. The summed E-state index contributed by atoms with van der Waals surface area (Å²) in [5.74, 6) is 0.258. The smallest absolute Gasteiger partial charge is 0.220 e. The molecule has 0 aromatic carbocycles. The third-order valence-corrected chi connectivity index (χ3v) is 3.45. The molecule has 0 saturated carbocycles. The molecule has 17 heavy (non-hydrogen) atoms. The number of unbranched alkanes of at least 4 members (excludes halogenated alkanes) is 4. The second-order valence-electron chi connectivity index (χ2n) is 5.11. The summed E-state index contributed by atoms with van der Waals surface area (Å²) in [6.07, 6.45) is 10.2. The molecule has 1 amide bonds. The Hall–Kier alpha value is -0.570. The molecule has 1 aliphatic rings. The molecule has 3 heteroatoms. The van der Waals surface area contributed by atoms with Crippen LogP contribution >= 0.6 is 0 Å². The quantitative estimate of drug-likeness (QED) is 0.672. The Balaban J connectivity index is 2.03. The van der Waals surface area contributed by atoms with Gasteiger partial charge in [0, 0.05) is 12.5 Å². The molecule has 3 nitrogen and oxygen atoms in total. The van der Waals surface area contributed by atoms with Crippen LogP contribution in [0.3, 0.4) is 0 Å². The average Bonchev–Trinajstić information content (AvgIpc) is 2.57. The van der Waals surface area contributed by atoms with Crippen LogP contribution < -0.4 is 10.6 Å². The summed E-state index contributed by atoms with van der Waals surface area (Å²) >= 11 is 0. The van der Waals surface area contributed by atoms with Crippen molar-refractivity contribution in [3.8, 4) is 0 Å². The lowest BCUT2D eigenvalue weighted by Gasteiger charge is -2.15. The van der Waals surface area contributed by atoms with Gasteiger partial charge < -0.3 is 10.6 Å². The van der Waals surface area contributed by atoms with Gasteiger partial charge in [-0.3, -0.25) is 4.79 Å². The van der Waals surface area contributed by atoms with E-state index in [0.717, 1.165) is 32.4 Å². The zero-order valence-electron chi connectivity index (χ0n) is 11.3. The number of nitrogens with one attached hydrogen (secondary N) is 2. The highest BCUT2D eigenvalue weighted by Crippen LogP contribution is 2.07. The van der Waals surface area contributed by atoms with E-state index in [4.69, 9.17) is 0 Å². The minimum atomic E-state index is 0.258. The van der Waals surface area contributed by atoms with Crippen LogP contribution in [0.2, 0.25) is 0 Å². The first-order chi connectivity index (χ1) is 8.33. The van der Waals surface area contributed by atoms with Crippen LogP contribution in [-0.4, -0.2) is 25.0 Å². The van der Waals surface area contributed by atoms with E-state index in [0.29, 0.717) is 12.5 Å². The van der Waals surface area contributed by atoms with Crippen LogP contribution in [0.25, 0.3) is 0 Å². The van der Waals surface area contributed by atoms with E-state index in [1.54, 1.807) is 0 Å². The standard InChI is InChI=1S/C14H28N2O/c1-2-3-4-5-6-9-14(17)16-13-8-7-11-15-12-10-13/h13,15H,2-12H2,1H3,(H,16,17). The summed E-state index contributed by atoms with van der Waals surface area (Å²) in [6, 6.07) is 0.410. The zero-order valence-corrected chi connectivity index (χ0v) is 11.3. The number of carbonyl (C=O) groups excluding carboxylic acids is 1. The molecule has 0 aromatic rings. The molecule has 0 aliphatic carbocycles. The summed E-state index contributed by atoms with van der Waals surface area (Å²) in [5.41, 5.74) is 0. The Kier molecular flexibility index (Phi) is 8.06. The summed E-state index contributed by atoms with van der Waals surface area (Å²) in [5, 5.41) is 6.54. The summed E-state index contributed by atoms with van der Waals surface area (Å²) in [4.78, 5) is 11.7. The van der Waals surface area contributed by atoms with E-state index in [1.807, 2.05) is 0 Å². The number of amides is 1. The fraction of sp³-hybridized carbons (Fsp3) is 0.929. The van der Waals surface area contributed by atoms with Gasteiger partial charge in [0.15, 0.2) is 0 Å². The van der Waals surface area contributed by atoms with Gasteiger partial charge in [-0.15, -0.1) is 0 Å².